The van der Waals surface area contributed by atoms with Crippen molar-refractivity contribution in [3.8, 4) is 5.75 Å². The smallest absolute Gasteiger partial charge is 0.246 e. The summed E-state index contributed by atoms with van der Waals surface area (Å²) in [6.07, 6.45) is 6.61. The van der Waals surface area contributed by atoms with Crippen LogP contribution in [0.2, 0.25) is 0 Å². The molecule has 3 aromatic rings. The molecule has 1 aromatic carbocycles. The van der Waals surface area contributed by atoms with Gasteiger partial charge >= 0.3 is 0 Å². The van der Waals surface area contributed by atoms with Crippen LogP contribution >= 0.6 is 0 Å². The molecule has 0 spiro atoms. The maximum absolute atomic E-state index is 12.8. The van der Waals surface area contributed by atoms with Gasteiger partial charge in [-0.25, -0.2) is 8.42 Å². The van der Waals surface area contributed by atoms with Crippen LogP contribution in [-0.4, -0.2) is 53.6 Å². The Bertz CT molecular complexity index is 1340. The maximum Gasteiger partial charge on any atom is 0.246 e. The van der Waals surface area contributed by atoms with Crippen molar-refractivity contribution < 1.29 is 17.6 Å². The molecular formula is C25H30N4O5S. The van der Waals surface area contributed by atoms with Crippen molar-refractivity contribution in [3.63, 3.8) is 0 Å². The van der Waals surface area contributed by atoms with E-state index in [0.717, 1.165) is 19.5 Å². The van der Waals surface area contributed by atoms with E-state index in [1.54, 1.807) is 7.05 Å². The van der Waals surface area contributed by atoms with Crippen LogP contribution in [0.15, 0.2) is 63.1 Å². The van der Waals surface area contributed by atoms with Gasteiger partial charge in [0.1, 0.15) is 16.9 Å². The summed E-state index contributed by atoms with van der Waals surface area (Å²) >= 11 is 0. The van der Waals surface area contributed by atoms with Crippen LogP contribution in [0.5, 0.6) is 5.75 Å². The third kappa shape index (κ3) is 5.34. The Balaban J connectivity index is 1.12. The molecule has 186 valence electrons. The quantitative estimate of drug-likeness (QED) is 0.493. The minimum atomic E-state index is -3.53. The number of hydrogen-bond acceptors (Lipinski definition) is 7. The predicted octanol–water partition coefficient (Wildman–Crippen LogP) is 2.41. The van der Waals surface area contributed by atoms with Crippen molar-refractivity contribution in [2.24, 2.45) is 13.0 Å². The SMILES string of the molecule is Cn1cc(S(=O)(=O)N2CCC(COc3coc(CN4CCc5ccccc5C4)cc3=O)CC2)cn1. The summed E-state index contributed by atoms with van der Waals surface area (Å²) in [5, 5.41) is 3.96. The molecule has 0 amide bonds. The highest BCUT2D eigenvalue weighted by Gasteiger charge is 2.30. The molecule has 0 bridgehead atoms. The van der Waals surface area contributed by atoms with Gasteiger partial charge in [0.25, 0.3) is 0 Å². The Labute approximate surface area is 205 Å². The zero-order chi connectivity index (χ0) is 24.4. The molecule has 2 aromatic heterocycles. The Morgan fingerprint density at radius 2 is 1.91 bits per heavy atom. The number of fused-ring (bicyclic) bond motifs is 1. The highest BCUT2D eigenvalue weighted by molar-refractivity contribution is 7.89. The summed E-state index contributed by atoms with van der Waals surface area (Å²) < 4.78 is 40.0. The van der Waals surface area contributed by atoms with E-state index in [0.29, 0.717) is 44.8 Å². The summed E-state index contributed by atoms with van der Waals surface area (Å²) in [6, 6.07) is 9.95. The van der Waals surface area contributed by atoms with Gasteiger partial charge in [-0.05, 0) is 36.3 Å². The largest absolute Gasteiger partial charge is 0.486 e. The van der Waals surface area contributed by atoms with Gasteiger partial charge in [-0.15, -0.1) is 0 Å². The summed E-state index contributed by atoms with van der Waals surface area (Å²) in [6.45, 7) is 3.53. The van der Waals surface area contributed by atoms with Crippen molar-refractivity contribution in [3.05, 3.63) is 76.1 Å². The van der Waals surface area contributed by atoms with Crippen LogP contribution in [0, 0.1) is 5.92 Å². The van der Waals surface area contributed by atoms with E-state index in [2.05, 4.69) is 34.3 Å². The van der Waals surface area contributed by atoms with Gasteiger partial charge in [0.05, 0.1) is 19.3 Å². The number of benzene rings is 1. The fourth-order valence-electron chi connectivity index (χ4n) is 4.74. The fraction of sp³-hybridized carbons (Fsp3) is 0.440. The highest BCUT2D eigenvalue weighted by atomic mass is 32.2. The lowest BCUT2D eigenvalue weighted by Crippen LogP contribution is -2.39. The molecule has 35 heavy (non-hydrogen) atoms. The molecule has 0 N–H and O–H groups in total. The van der Waals surface area contributed by atoms with Crippen molar-refractivity contribution in [2.45, 2.75) is 37.2 Å². The first-order valence-corrected chi connectivity index (χ1v) is 13.3. The molecule has 0 aliphatic carbocycles. The zero-order valence-electron chi connectivity index (χ0n) is 19.8. The molecule has 0 unspecified atom stereocenters. The van der Waals surface area contributed by atoms with Gasteiger partial charge in [0, 0.05) is 45.5 Å². The Morgan fingerprint density at radius 1 is 1.14 bits per heavy atom. The van der Waals surface area contributed by atoms with E-state index in [4.69, 9.17) is 9.15 Å². The summed E-state index contributed by atoms with van der Waals surface area (Å²) in [5.74, 6) is 0.988. The van der Waals surface area contributed by atoms with Crippen molar-refractivity contribution in [1.82, 2.24) is 19.0 Å². The highest BCUT2D eigenvalue weighted by Crippen LogP contribution is 2.24. The minimum absolute atomic E-state index is 0.169. The molecule has 1 fully saturated rings. The zero-order valence-corrected chi connectivity index (χ0v) is 20.6. The number of aryl methyl sites for hydroxylation is 1. The molecular weight excluding hydrogens is 468 g/mol. The number of nitrogens with zero attached hydrogens (tertiary/aromatic N) is 4. The van der Waals surface area contributed by atoms with Crippen LogP contribution < -0.4 is 10.2 Å². The van der Waals surface area contributed by atoms with Crippen LogP contribution in [0.25, 0.3) is 0 Å². The van der Waals surface area contributed by atoms with Crippen LogP contribution in [-0.2, 0) is 36.6 Å². The predicted molar refractivity (Wildman–Crippen MR) is 129 cm³/mol. The van der Waals surface area contributed by atoms with Crippen molar-refractivity contribution in [2.75, 3.05) is 26.2 Å². The third-order valence-corrected chi connectivity index (χ3v) is 8.66. The molecule has 4 heterocycles. The van der Waals surface area contributed by atoms with Gasteiger partial charge in [0.15, 0.2) is 0 Å². The summed E-state index contributed by atoms with van der Waals surface area (Å²) in [5.41, 5.74) is 2.51. The molecule has 0 radical (unpaired) electrons. The summed E-state index contributed by atoms with van der Waals surface area (Å²) in [7, 11) is -1.84. The second-order valence-electron chi connectivity index (χ2n) is 9.31. The van der Waals surface area contributed by atoms with Crippen molar-refractivity contribution >= 4 is 10.0 Å². The monoisotopic (exact) mass is 498 g/mol. The van der Waals surface area contributed by atoms with Gasteiger partial charge in [-0.1, -0.05) is 24.3 Å². The first-order valence-electron chi connectivity index (χ1n) is 11.9. The summed E-state index contributed by atoms with van der Waals surface area (Å²) in [4.78, 5) is 15.1. The molecule has 9 nitrogen and oxygen atoms in total. The van der Waals surface area contributed by atoms with Gasteiger partial charge in [-0.2, -0.15) is 9.40 Å². The van der Waals surface area contributed by atoms with Gasteiger partial charge in [-0.3, -0.25) is 14.4 Å². The normalized spacial score (nSPS) is 17.9. The minimum Gasteiger partial charge on any atom is -0.486 e. The van der Waals surface area contributed by atoms with E-state index >= 15 is 0 Å². The molecule has 1 saturated heterocycles. The van der Waals surface area contributed by atoms with Crippen LogP contribution in [0.1, 0.15) is 29.7 Å². The molecule has 2 aliphatic heterocycles. The number of hydrogen-bond donors (Lipinski definition) is 0. The van der Waals surface area contributed by atoms with Gasteiger partial charge < -0.3 is 9.15 Å². The van der Waals surface area contributed by atoms with E-state index in [-0.39, 0.29) is 22.0 Å². The Kier molecular flexibility index (Phi) is 6.77. The number of ether oxygens (including phenoxy) is 1. The third-order valence-electron chi connectivity index (χ3n) is 6.81. The molecule has 5 rings (SSSR count). The lowest BCUT2D eigenvalue weighted by Gasteiger charge is -2.30. The fourth-order valence-corrected chi connectivity index (χ4v) is 6.20. The Morgan fingerprint density at radius 3 is 2.63 bits per heavy atom. The Hall–Kier alpha value is -2.95. The first-order chi connectivity index (χ1) is 16.9. The van der Waals surface area contributed by atoms with Gasteiger partial charge in [0.2, 0.25) is 21.2 Å². The standard InChI is InChI=1S/C25H30N4O5S/c1-27-16-23(13-26-27)35(31,32)29-10-6-19(7-11-29)17-34-25-18-33-22(12-24(25)30)15-28-9-8-20-4-2-3-5-21(20)14-28/h2-5,12-13,16,18-19H,6-11,14-15,17H2,1H3. The van der Waals surface area contributed by atoms with E-state index in [1.165, 1.54) is 44.8 Å². The lowest BCUT2D eigenvalue weighted by molar-refractivity contribution is 0.179. The second kappa shape index (κ2) is 9.96. The number of aromatic nitrogens is 2. The molecule has 2 aliphatic rings. The molecule has 0 atom stereocenters. The average molecular weight is 499 g/mol. The topological polar surface area (TPSA) is 97.9 Å². The number of rotatable bonds is 7. The molecule has 0 saturated carbocycles. The van der Waals surface area contributed by atoms with Crippen LogP contribution in [0.4, 0.5) is 0 Å². The van der Waals surface area contributed by atoms with Crippen molar-refractivity contribution in [1.29, 1.82) is 0 Å². The second-order valence-corrected chi connectivity index (χ2v) is 11.3. The van der Waals surface area contributed by atoms with E-state index in [1.807, 2.05) is 0 Å². The van der Waals surface area contributed by atoms with E-state index < -0.39 is 10.0 Å². The first kappa shape index (κ1) is 23.8. The molecule has 10 heteroatoms. The lowest BCUT2D eigenvalue weighted by atomic mass is 9.99. The average Bonchev–Trinajstić information content (AvgIpc) is 3.31. The number of sulfonamides is 1. The maximum atomic E-state index is 12.8. The van der Waals surface area contributed by atoms with E-state index in [9.17, 15) is 13.2 Å². The van der Waals surface area contributed by atoms with Crippen LogP contribution in [0.3, 0.4) is 0 Å². The number of piperidine rings is 1.